The highest BCUT2D eigenvalue weighted by Crippen LogP contribution is 2.24. The van der Waals surface area contributed by atoms with E-state index >= 15 is 0 Å². The number of nitrogens with zero attached hydrogens (tertiary/aromatic N) is 3. The quantitative estimate of drug-likeness (QED) is 0.316. The summed E-state index contributed by atoms with van der Waals surface area (Å²) in [5.74, 6) is -2.04. The molecule has 178 valence electrons. The molecule has 3 rings (SSSR count). The molecule has 0 atom stereocenters. The lowest BCUT2D eigenvalue weighted by molar-refractivity contribution is -0.136. The van der Waals surface area contributed by atoms with Crippen molar-refractivity contribution in [1.82, 2.24) is 14.7 Å². The van der Waals surface area contributed by atoms with Crippen molar-refractivity contribution in [2.24, 2.45) is 0 Å². The maximum absolute atomic E-state index is 12.6. The molecule has 1 fully saturated rings. The molecule has 11 heteroatoms. The molecular formula is C22H27N3O8. The van der Waals surface area contributed by atoms with Crippen LogP contribution in [0.2, 0.25) is 0 Å². The number of carbonyl (C=O) groups is 5. The van der Waals surface area contributed by atoms with Gasteiger partial charge in [-0.1, -0.05) is 0 Å². The van der Waals surface area contributed by atoms with Crippen molar-refractivity contribution < 1.29 is 38.2 Å². The zero-order chi connectivity index (χ0) is 24.0. The third-order valence-electron chi connectivity index (χ3n) is 5.42. The first-order chi connectivity index (χ1) is 15.9. The van der Waals surface area contributed by atoms with Crippen molar-refractivity contribution in [3.8, 4) is 0 Å². The fourth-order valence-electron chi connectivity index (χ4n) is 3.64. The molecule has 1 aromatic rings. The number of hydrogen-bond donors (Lipinski definition) is 0. The second-order valence-electron chi connectivity index (χ2n) is 7.51. The van der Waals surface area contributed by atoms with E-state index < -0.39 is 30.5 Å². The minimum Gasteiger partial charge on any atom is -0.452 e. The number of esters is 1. The number of carbonyl (C=O) groups excluding carboxylic acids is 5. The number of methoxy groups -OCH3 is 1. The van der Waals surface area contributed by atoms with Crippen LogP contribution in [-0.4, -0.2) is 104 Å². The van der Waals surface area contributed by atoms with Crippen molar-refractivity contribution in [3.63, 3.8) is 0 Å². The summed E-state index contributed by atoms with van der Waals surface area (Å²) in [5.41, 5.74) is 0.436. The molecule has 0 aliphatic carbocycles. The average Bonchev–Trinajstić information content (AvgIpc) is 3.07. The lowest BCUT2D eigenvalue weighted by Gasteiger charge is -2.33. The summed E-state index contributed by atoms with van der Waals surface area (Å²) < 4.78 is 15.0. The highest BCUT2D eigenvalue weighted by Gasteiger charge is 2.35. The molecule has 2 aliphatic heterocycles. The molecule has 1 aromatic carbocycles. The maximum Gasteiger partial charge on any atom is 0.409 e. The normalized spacial score (nSPS) is 15.5. The SMILES string of the molecule is CCOC(=O)N1CCN(C(=O)COC(=O)c2ccc3c(c2)C(=O)N(CCCOC)C3=O)CC1. The van der Waals surface area contributed by atoms with E-state index in [1.54, 1.807) is 6.92 Å². The van der Waals surface area contributed by atoms with Gasteiger partial charge in [0.15, 0.2) is 6.61 Å². The van der Waals surface area contributed by atoms with Crippen molar-refractivity contribution in [1.29, 1.82) is 0 Å². The molecule has 0 saturated carbocycles. The molecule has 2 aliphatic rings. The van der Waals surface area contributed by atoms with Gasteiger partial charge in [-0.2, -0.15) is 0 Å². The van der Waals surface area contributed by atoms with E-state index in [9.17, 15) is 24.0 Å². The van der Waals surface area contributed by atoms with Crippen molar-refractivity contribution in [2.75, 3.05) is 59.7 Å². The second-order valence-corrected chi connectivity index (χ2v) is 7.51. The van der Waals surface area contributed by atoms with E-state index in [1.807, 2.05) is 0 Å². The van der Waals surface area contributed by atoms with Gasteiger partial charge in [-0.25, -0.2) is 9.59 Å². The first-order valence-corrected chi connectivity index (χ1v) is 10.7. The Morgan fingerprint density at radius 1 is 0.939 bits per heavy atom. The predicted molar refractivity (Wildman–Crippen MR) is 114 cm³/mol. The Balaban J connectivity index is 1.53. The van der Waals surface area contributed by atoms with E-state index in [0.717, 1.165) is 4.90 Å². The molecule has 0 unspecified atom stereocenters. The van der Waals surface area contributed by atoms with Crippen molar-refractivity contribution in [2.45, 2.75) is 13.3 Å². The van der Waals surface area contributed by atoms with E-state index in [0.29, 0.717) is 39.2 Å². The van der Waals surface area contributed by atoms with Gasteiger partial charge in [-0.05, 0) is 31.5 Å². The monoisotopic (exact) mass is 461 g/mol. The van der Waals surface area contributed by atoms with Crippen LogP contribution in [0.5, 0.6) is 0 Å². The fraction of sp³-hybridized carbons (Fsp3) is 0.500. The van der Waals surface area contributed by atoms with Gasteiger partial charge in [-0.3, -0.25) is 19.3 Å². The van der Waals surface area contributed by atoms with Crippen LogP contribution in [0.15, 0.2) is 18.2 Å². The van der Waals surface area contributed by atoms with E-state index in [2.05, 4.69) is 0 Å². The minimum absolute atomic E-state index is 0.0774. The molecule has 0 bridgehead atoms. The van der Waals surface area contributed by atoms with Crippen LogP contribution in [0, 0.1) is 0 Å². The fourth-order valence-corrected chi connectivity index (χ4v) is 3.64. The zero-order valence-corrected chi connectivity index (χ0v) is 18.7. The van der Waals surface area contributed by atoms with E-state index in [-0.39, 0.29) is 35.7 Å². The molecule has 1 saturated heterocycles. The van der Waals surface area contributed by atoms with Crippen molar-refractivity contribution in [3.05, 3.63) is 34.9 Å². The lowest BCUT2D eigenvalue weighted by Crippen LogP contribution is -2.51. The number of hydrogen-bond acceptors (Lipinski definition) is 8. The van der Waals surface area contributed by atoms with Gasteiger partial charge in [0.05, 0.1) is 23.3 Å². The smallest absolute Gasteiger partial charge is 0.409 e. The average molecular weight is 461 g/mol. The first kappa shape index (κ1) is 24.2. The molecule has 0 aromatic heterocycles. The summed E-state index contributed by atoms with van der Waals surface area (Å²) in [6.45, 7) is 3.45. The highest BCUT2D eigenvalue weighted by molar-refractivity contribution is 6.22. The summed E-state index contributed by atoms with van der Waals surface area (Å²) in [4.78, 5) is 65.7. The van der Waals surface area contributed by atoms with Crippen molar-refractivity contribution >= 4 is 29.8 Å². The largest absolute Gasteiger partial charge is 0.452 e. The van der Waals surface area contributed by atoms with Gasteiger partial charge in [0, 0.05) is 46.4 Å². The standard InChI is InChI=1S/C22H27N3O8/c1-3-32-22(30)24-10-8-23(9-11-24)18(26)14-33-21(29)15-5-6-16-17(13-15)20(28)25(19(16)27)7-4-12-31-2/h5-6,13H,3-4,7-12,14H2,1-2H3. The third-order valence-corrected chi connectivity index (χ3v) is 5.42. The Morgan fingerprint density at radius 2 is 1.61 bits per heavy atom. The number of benzene rings is 1. The summed E-state index contributed by atoms with van der Waals surface area (Å²) in [6, 6.07) is 4.13. The topological polar surface area (TPSA) is 123 Å². The van der Waals surface area contributed by atoms with E-state index in [1.165, 1.54) is 35.1 Å². The molecule has 2 heterocycles. The van der Waals surface area contributed by atoms with Gasteiger partial charge in [0.25, 0.3) is 17.7 Å². The summed E-state index contributed by atoms with van der Waals surface area (Å²) >= 11 is 0. The molecule has 33 heavy (non-hydrogen) atoms. The Hall–Kier alpha value is -3.47. The van der Waals surface area contributed by atoms with Gasteiger partial charge in [-0.15, -0.1) is 0 Å². The maximum atomic E-state index is 12.6. The zero-order valence-electron chi connectivity index (χ0n) is 18.7. The highest BCUT2D eigenvalue weighted by atomic mass is 16.6. The van der Waals surface area contributed by atoms with Crippen LogP contribution in [0.25, 0.3) is 0 Å². The third kappa shape index (κ3) is 5.48. The Morgan fingerprint density at radius 3 is 2.27 bits per heavy atom. The van der Waals surface area contributed by atoms with Gasteiger partial charge < -0.3 is 24.0 Å². The Kier molecular flexibility index (Phi) is 7.99. The number of rotatable bonds is 8. The molecule has 0 N–H and O–H groups in total. The second kappa shape index (κ2) is 10.9. The summed E-state index contributed by atoms with van der Waals surface area (Å²) in [6.07, 6.45) is 0.0884. The minimum atomic E-state index is -0.769. The van der Waals surface area contributed by atoms with Crippen LogP contribution in [0.4, 0.5) is 4.79 Å². The van der Waals surface area contributed by atoms with Gasteiger partial charge >= 0.3 is 12.1 Å². The number of fused-ring (bicyclic) bond motifs is 1. The summed E-state index contributed by atoms with van der Waals surface area (Å²) in [5, 5.41) is 0. The molecule has 0 spiro atoms. The van der Waals surface area contributed by atoms with Crippen LogP contribution in [0.3, 0.4) is 0 Å². The molecule has 11 nitrogen and oxygen atoms in total. The number of amides is 4. The lowest BCUT2D eigenvalue weighted by atomic mass is 10.1. The number of ether oxygens (including phenoxy) is 3. The Bertz CT molecular complexity index is 940. The first-order valence-electron chi connectivity index (χ1n) is 10.7. The van der Waals surface area contributed by atoms with Crippen LogP contribution < -0.4 is 0 Å². The summed E-state index contributed by atoms with van der Waals surface area (Å²) in [7, 11) is 1.54. The van der Waals surface area contributed by atoms with Gasteiger partial charge in [0.1, 0.15) is 0 Å². The number of piperazine rings is 1. The Labute approximate surface area is 191 Å². The van der Waals surface area contributed by atoms with Crippen LogP contribution in [0.1, 0.15) is 44.4 Å². The molecule has 0 radical (unpaired) electrons. The van der Waals surface area contributed by atoms with Gasteiger partial charge in [0.2, 0.25) is 0 Å². The predicted octanol–water partition coefficient (Wildman–Crippen LogP) is 0.777. The van der Waals surface area contributed by atoms with E-state index in [4.69, 9.17) is 14.2 Å². The molecule has 4 amide bonds. The van der Waals surface area contributed by atoms with Crippen LogP contribution >= 0.6 is 0 Å². The number of imide groups is 1. The van der Waals surface area contributed by atoms with Crippen LogP contribution in [-0.2, 0) is 19.0 Å². The molecular weight excluding hydrogens is 434 g/mol.